The summed E-state index contributed by atoms with van der Waals surface area (Å²) in [5.41, 5.74) is 0.835. The van der Waals surface area contributed by atoms with Gasteiger partial charge in [-0.1, -0.05) is 37.3 Å². The molecule has 1 aromatic heterocycles. The van der Waals surface area contributed by atoms with E-state index in [1.54, 1.807) is 12.1 Å². The molecule has 0 unspecified atom stereocenters. The average molecular weight is 252 g/mol. The molecule has 1 heterocycles. The summed E-state index contributed by atoms with van der Waals surface area (Å²) in [5.74, 6) is -0.858. The zero-order chi connectivity index (χ0) is 12.6. The van der Waals surface area contributed by atoms with E-state index in [0.717, 1.165) is 21.6 Å². The number of aliphatic carboxylic acids is 1. The highest BCUT2D eigenvalue weighted by molar-refractivity contribution is 7.16. The molecule has 0 bridgehead atoms. The van der Waals surface area contributed by atoms with Crippen LogP contribution < -0.4 is 4.94 Å². The number of carboxylic acid groups (broad SMARTS) is 1. The first-order valence-electron chi connectivity index (χ1n) is 5.15. The number of hydrogen-bond donors (Lipinski definition) is 1. The first kappa shape index (κ1) is 11.9. The van der Waals surface area contributed by atoms with Gasteiger partial charge < -0.3 is 9.52 Å². The van der Waals surface area contributed by atoms with Gasteiger partial charge in [-0.25, -0.2) is 4.79 Å². The molecule has 90 valence electrons. The Balaban J connectivity index is 2.61. The van der Waals surface area contributed by atoms with Gasteiger partial charge in [-0.2, -0.15) is 0 Å². The van der Waals surface area contributed by atoms with E-state index in [1.807, 2.05) is 19.9 Å². The summed E-state index contributed by atoms with van der Waals surface area (Å²) in [6.45, 7) is 3.69. The number of rotatable bonds is 3. The van der Waals surface area contributed by atoms with Crippen molar-refractivity contribution in [3.05, 3.63) is 33.5 Å². The van der Waals surface area contributed by atoms with Gasteiger partial charge in [0.1, 0.15) is 5.58 Å². The zero-order valence-corrected chi connectivity index (χ0v) is 10.3. The quantitative estimate of drug-likeness (QED) is 0.911. The molecule has 0 aliphatic heterocycles. The van der Waals surface area contributed by atoms with E-state index in [2.05, 4.69) is 0 Å². The maximum absolute atomic E-state index is 11.2. The molecule has 1 aromatic carbocycles. The Morgan fingerprint density at radius 1 is 1.47 bits per heavy atom. The van der Waals surface area contributed by atoms with E-state index in [4.69, 9.17) is 9.52 Å². The summed E-state index contributed by atoms with van der Waals surface area (Å²) in [4.78, 5) is 21.7. The van der Waals surface area contributed by atoms with Crippen LogP contribution in [-0.4, -0.2) is 11.1 Å². The summed E-state index contributed by atoms with van der Waals surface area (Å²) >= 11 is 1.02. The zero-order valence-electron chi connectivity index (χ0n) is 9.52. The number of carbonyl (C=O) groups is 1. The Kier molecular flexibility index (Phi) is 2.79. The second-order valence-electron chi connectivity index (χ2n) is 4.54. The third kappa shape index (κ3) is 2.24. The maximum atomic E-state index is 11.2. The molecule has 5 heteroatoms. The molecule has 0 amide bonds. The molecule has 1 N–H and O–H groups in total. The second-order valence-corrected chi connectivity index (χ2v) is 5.49. The minimum absolute atomic E-state index is 0.0121. The summed E-state index contributed by atoms with van der Waals surface area (Å²) in [5, 5.41) is 8.91. The Morgan fingerprint density at radius 2 is 2.18 bits per heavy atom. The fraction of sp³-hybridized carbons (Fsp3) is 0.333. The van der Waals surface area contributed by atoms with Crippen LogP contribution in [0, 0.1) is 0 Å². The normalized spacial score (nSPS) is 11.9. The fourth-order valence-electron chi connectivity index (χ4n) is 1.90. The first-order chi connectivity index (χ1) is 7.90. The third-order valence-corrected chi connectivity index (χ3v) is 3.56. The van der Waals surface area contributed by atoms with Gasteiger partial charge in [0.25, 0.3) is 0 Å². The van der Waals surface area contributed by atoms with Crippen molar-refractivity contribution < 1.29 is 14.3 Å². The smallest absolute Gasteiger partial charge is 0.396 e. The lowest BCUT2D eigenvalue weighted by Gasteiger charge is -2.23. The Morgan fingerprint density at radius 3 is 2.82 bits per heavy atom. The summed E-state index contributed by atoms with van der Waals surface area (Å²) in [7, 11) is 0. The molecular weight excluding hydrogens is 240 g/mol. The Hall–Kier alpha value is -1.62. The SMILES string of the molecule is CC(C)(CC(=O)O)c1cccc2oc(=O)sc12. The number of carboxylic acids is 1. The van der Waals surface area contributed by atoms with Crippen LogP contribution in [0.3, 0.4) is 0 Å². The molecule has 0 aliphatic carbocycles. The predicted molar refractivity (Wildman–Crippen MR) is 65.6 cm³/mol. The van der Waals surface area contributed by atoms with E-state index < -0.39 is 11.4 Å². The van der Waals surface area contributed by atoms with Crippen LogP contribution in [-0.2, 0) is 10.2 Å². The van der Waals surface area contributed by atoms with Gasteiger partial charge in [0.15, 0.2) is 0 Å². The van der Waals surface area contributed by atoms with Crippen LogP contribution in [0.4, 0.5) is 0 Å². The lowest BCUT2D eigenvalue weighted by Crippen LogP contribution is -2.21. The topological polar surface area (TPSA) is 67.5 Å². The van der Waals surface area contributed by atoms with Crippen molar-refractivity contribution in [3.8, 4) is 0 Å². The van der Waals surface area contributed by atoms with Crippen molar-refractivity contribution in [2.45, 2.75) is 25.7 Å². The lowest BCUT2D eigenvalue weighted by molar-refractivity contribution is -0.138. The lowest BCUT2D eigenvalue weighted by atomic mass is 9.81. The van der Waals surface area contributed by atoms with E-state index in [9.17, 15) is 9.59 Å². The highest BCUT2D eigenvalue weighted by Crippen LogP contribution is 2.34. The van der Waals surface area contributed by atoms with Crippen molar-refractivity contribution in [1.82, 2.24) is 0 Å². The Bertz CT molecular complexity index is 621. The van der Waals surface area contributed by atoms with Crippen molar-refractivity contribution in [2.75, 3.05) is 0 Å². The van der Waals surface area contributed by atoms with Crippen molar-refractivity contribution in [3.63, 3.8) is 0 Å². The molecule has 0 saturated heterocycles. The molecule has 2 aromatic rings. The van der Waals surface area contributed by atoms with Crippen LogP contribution in [0.1, 0.15) is 25.8 Å². The van der Waals surface area contributed by atoms with E-state index in [1.165, 1.54) is 0 Å². The van der Waals surface area contributed by atoms with Crippen LogP contribution >= 0.6 is 11.3 Å². The van der Waals surface area contributed by atoms with E-state index in [-0.39, 0.29) is 11.4 Å². The Labute approximate surface area is 102 Å². The molecule has 0 radical (unpaired) electrons. The number of benzene rings is 1. The average Bonchev–Trinajstić information content (AvgIpc) is 2.54. The summed E-state index contributed by atoms with van der Waals surface area (Å²) < 4.78 is 5.76. The molecule has 0 saturated carbocycles. The maximum Gasteiger partial charge on any atom is 0.396 e. The van der Waals surface area contributed by atoms with Gasteiger partial charge in [-0.3, -0.25) is 4.79 Å². The third-order valence-electron chi connectivity index (χ3n) is 2.68. The highest BCUT2D eigenvalue weighted by Gasteiger charge is 2.27. The van der Waals surface area contributed by atoms with Crippen LogP contribution in [0.15, 0.2) is 27.4 Å². The minimum atomic E-state index is -0.858. The van der Waals surface area contributed by atoms with Gasteiger partial charge in [0.2, 0.25) is 0 Å². The van der Waals surface area contributed by atoms with Gasteiger partial charge in [0, 0.05) is 5.41 Å². The first-order valence-corrected chi connectivity index (χ1v) is 5.97. The van der Waals surface area contributed by atoms with Crippen molar-refractivity contribution in [1.29, 1.82) is 0 Å². The second kappa shape index (κ2) is 4.00. The van der Waals surface area contributed by atoms with Gasteiger partial charge in [0.05, 0.1) is 11.1 Å². The van der Waals surface area contributed by atoms with Crippen molar-refractivity contribution in [2.24, 2.45) is 0 Å². The molecule has 2 rings (SSSR count). The molecule has 0 atom stereocenters. The highest BCUT2D eigenvalue weighted by atomic mass is 32.1. The van der Waals surface area contributed by atoms with Crippen LogP contribution in [0.5, 0.6) is 0 Å². The summed E-state index contributed by atoms with van der Waals surface area (Å²) in [6, 6.07) is 5.33. The van der Waals surface area contributed by atoms with Gasteiger partial charge in [-0.15, -0.1) is 0 Å². The number of hydrogen-bond acceptors (Lipinski definition) is 4. The summed E-state index contributed by atoms with van der Waals surface area (Å²) in [6.07, 6.45) is 0.0121. The predicted octanol–water partition coefficient (Wildman–Crippen LogP) is 2.61. The van der Waals surface area contributed by atoms with E-state index >= 15 is 0 Å². The van der Waals surface area contributed by atoms with Crippen molar-refractivity contribution >= 4 is 27.6 Å². The van der Waals surface area contributed by atoms with Gasteiger partial charge in [-0.05, 0) is 11.6 Å². The molecular formula is C12H12O4S. The molecule has 0 fully saturated rings. The largest absolute Gasteiger partial charge is 0.481 e. The van der Waals surface area contributed by atoms with Crippen LogP contribution in [0.2, 0.25) is 0 Å². The molecule has 0 aliphatic rings. The monoisotopic (exact) mass is 252 g/mol. The molecule has 17 heavy (non-hydrogen) atoms. The van der Waals surface area contributed by atoms with E-state index in [0.29, 0.717) is 5.58 Å². The standard InChI is InChI=1S/C12H12O4S/c1-12(2,6-9(13)14)7-4-3-5-8-10(7)17-11(15)16-8/h3-5H,6H2,1-2H3,(H,13,14). The van der Waals surface area contributed by atoms with Gasteiger partial charge >= 0.3 is 10.9 Å². The minimum Gasteiger partial charge on any atom is -0.481 e. The molecule has 4 nitrogen and oxygen atoms in total. The van der Waals surface area contributed by atoms with Crippen LogP contribution in [0.25, 0.3) is 10.3 Å². The number of fused-ring (bicyclic) bond motifs is 1. The fourth-order valence-corrected chi connectivity index (χ4v) is 2.86. The molecule has 0 spiro atoms.